The minimum absolute atomic E-state index is 0.0295. The number of carbonyl (C=O) groups excluding carboxylic acids is 1. The Morgan fingerprint density at radius 2 is 2.30 bits per heavy atom. The lowest BCUT2D eigenvalue weighted by atomic mass is 10.0. The van der Waals surface area contributed by atoms with E-state index in [1.165, 1.54) is 11.0 Å². The highest BCUT2D eigenvalue weighted by Gasteiger charge is 2.27. The minimum Gasteiger partial charge on any atom is -0.433 e. The number of amides is 1. The SMILES string of the molecule is Cc1cc(CC(=O)N2CCCc3cccc(OC(F)F)c32)no1. The second-order valence-corrected chi connectivity index (χ2v) is 5.40. The van der Waals surface area contributed by atoms with Crippen molar-refractivity contribution in [2.45, 2.75) is 32.8 Å². The molecule has 0 N–H and O–H groups in total. The summed E-state index contributed by atoms with van der Waals surface area (Å²) in [6.45, 7) is -0.726. The van der Waals surface area contributed by atoms with Crippen LogP contribution in [-0.2, 0) is 17.6 Å². The minimum atomic E-state index is -2.93. The zero-order valence-corrected chi connectivity index (χ0v) is 12.6. The highest BCUT2D eigenvalue weighted by atomic mass is 19.3. The summed E-state index contributed by atoms with van der Waals surface area (Å²) in [5.74, 6) is 0.431. The van der Waals surface area contributed by atoms with E-state index in [1.807, 2.05) is 6.07 Å². The maximum absolute atomic E-state index is 12.6. The molecular weight excluding hydrogens is 306 g/mol. The number of hydrogen-bond acceptors (Lipinski definition) is 4. The van der Waals surface area contributed by atoms with Crippen molar-refractivity contribution in [1.29, 1.82) is 0 Å². The lowest BCUT2D eigenvalue weighted by molar-refractivity contribution is -0.118. The molecule has 1 aromatic carbocycles. The number of aryl methyl sites for hydroxylation is 2. The van der Waals surface area contributed by atoms with Gasteiger partial charge < -0.3 is 14.2 Å². The van der Waals surface area contributed by atoms with Crippen molar-refractivity contribution in [3.8, 4) is 5.75 Å². The predicted molar refractivity (Wildman–Crippen MR) is 78.7 cm³/mol. The number of anilines is 1. The number of alkyl halides is 2. The third kappa shape index (κ3) is 3.33. The molecule has 2 heterocycles. The average Bonchev–Trinajstić information content (AvgIpc) is 2.91. The maximum Gasteiger partial charge on any atom is 0.387 e. The van der Waals surface area contributed by atoms with E-state index in [-0.39, 0.29) is 18.1 Å². The van der Waals surface area contributed by atoms with Crippen LogP contribution in [0.2, 0.25) is 0 Å². The standard InChI is InChI=1S/C16H16F2N2O3/c1-10-8-12(19-23-10)9-14(21)20-7-3-5-11-4-2-6-13(15(11)20)22-16(17)18/h2,4,6,8,16H,3,5,7,9H2,1H3. The molecule has 1 aliphatic rings. The Bertz CT molecular complexity index is 715. The first-order chi connectivity index (χ1) is 11.0. The summed E-state index contributed by atoms with van der Waals surface area (Å²) in [5.41, 5.74) is 1.79. The van der Waals surface area contributed by atoms with Gasteiger partial charge in [0.1, 0.15) is 11.5 Å². The molecule has 23 heavy (non-hydrogen) atoms. The molecule has 0 saturated heterocycles. The van der Waals surface area contributed by atoms with Gasteiger partial charge in [-0.05, 0) is 31.4 Å². The molecular formula is C16H16F2N2O3. The molecule has 1 amide bonds. The number of carbonyl (C=O) groups is 1. The highest BCUT2D eigenvalue weighted by molar-refractivity contribution is 5.97. The number of benzene rings is 1. The van der Waals surface area contributed by atoms with Crippen molar-refractivity contribution in [2.24, 2.45) is 0 Å². The predicted octanol–water partition coefficient (Wildman–Crippen LogP) is 3.11. The van der Waals surface area contributed by atoms with Gasteiger partial charge in [-0.2, -0.15) is 8.78 Å². The number of para-hydroxylation sites is 1. The number of ether oxygens (including phenoxy) is 1. The normalized spacial score (nSPS) is 14.0. The Kier molecular flexibility index (Phi) is 4.27. The van der Waals surface area contributed by atoms with E-state index in [1.54, 1.807) is 19.1 Å². The number of aromatic nitrogens is 1. The summed E-state index contributed by atoms with van der Waals surface area (Å²) in [5, 5.41) is 3.80. The van der Waals surface area contributed by atoms with Gasteiger partial charge in [0, 0.05) is 12.6 Å². The Balaban J connectivity index is 1.89. The lowest BCUT2D eigenvalue weighted by Gasteiger charge is -2.31. The Morgan fingerprint density at radius 1 is 1.48 bits per heavy atom. The Hall–Kier alpha value is -2.44. The molecule has 5 nitrogen and oxygen atoms in total. The largest absolute Gasteiger partial charge is 0.433 e. The first-order valence-corrected chi connectivity index (χ1v) is 7.34. The monoisotopic (exact) mass is 322 g/mol. The maximum atomic E-state index is 12.6. The summed E-state index contributed by atoms with van der Waals surface area (Å²) < 4.78 is 34.8. The van der Waals surface area contributed by atoms with Crippen molar-refractivity contribution < 1.29 is 22.8 Å². The van der Waals surface area contributed by atoms with Crippen LogP contribution >= 0.6 is 0 Å². The number of halogens is 2. The van der Waals surface area contributed by atoms with Crippen molar-refractivity contribution in [2.75, 3.05) is 11.4 Å². The Morgan fingerprint density at radius 3 is 3.00 bits per heavy atom. The molecule has 0 atom stereocenters. The van der Waals surface area contributed by atoms with Crippen molar-refractivity contribution in [3.05, 3.63) is 41.3 Å². The van der Waals surface area contributed by atoms with E-state index in [0.717, 1.165) is 18.4 Å². The summed E-state index contributed by atoms with van der Waals surface area (Å²) in [7, 11) is 0. The molecule has 1 aromatic heterocycles. The van der Waals surface area contributed by atoms with Gasteiger partial charge in [-0.3, -0.25) is 4.79 Å². The van der Waals surface area contributed by atoms with Gasteiger partial charge in [-0.25, -0.2) is 0 Å². The zero-order chi connectivity index (χ0) is 16.4. The topological polar surface area (TPSA) is 55.6 Å². The fourth-order valence-corrected chi connectivity index (χ4v) is 2.81. The van der Waals surface area contributed by atoms with Gasteiger partial charge in [0.25, 0.3) is 0 Å². The summed E-state index contributed by atoms with van der Waals surface area (Å²) >= 11 is 0. The second kappa shape index (κ2) is 6.36. The molecule has 0 unspecified atom stereocenters. The molecule has 0 fully saturated rings. The summed E-state index contributed by atoms with van der Waals surface area (Å²) in [6, 6.07) is 6.63. The lowest BCUT2D eigenvalue weighted by Crippen LogP contribution is -2.37. The molecule has 122 valence electrons. The van der Waals surface area contributed by atoms with E-state index in [0.29, 0.717) is 23.7 Å². The van der Waals surface area contributed by atoms with Crippen molar-refractivity contribution >= 4 is 11.6 Å². The van der Waals surface area contributed by atoms with Crippen LogP contribution in [0.25, 0.3) is 0 Å². The van der Waals surface area contributed by atoms with Gasteiger partial charge in [-0.1, -0.05) is 17.3 Å². The van der Waals surface area contributed by atoms with E-state index in [4.69, 9.17) is 4.52 Å². The van der Waals surface area contributed by atoms with Crippen LogP contribution in [0, 0.1) is 6.92 Å². The third-order valence-corrected chi connectivity index (χ3v) is 3.71. The molecule has 3 rings (SSSR count). The molecule has 0 saturated carbocycles. The van der Waals surface area contributed by atoms with Crippen LogP contribution < -0.4 is 9.64 Å². The fraction of sp³-hybridized carbons (Fsp3) is 0.375. The van der Waals surface area contributed by atoms with E-state index < -0.39 is 6.61 Å². The van der Waals surface area contributed by atoms with Gasteiger partial charge in [0.2, 0.25) is 5.91 Å². The van der Waals surface area contributed by atoms with Crippen LogP contribution in [0.1, 0.15) is 23.4 Å². The zero-order valence-electron chi connectivity index (χ0n) is 12.6. The average molecular weight is 322 g/mol. The van der Waals surface area contributed by atoms with Gasteiger partial charge in [0.15, 0.2) is 0 Å². The molecule has 7 heteroatoms. The molecule has 0 aliphatic carbocycles. The van der Waals surface area contributed by atoms with Crippen LogP contribution in [0.5, 0.6) is 5.75 Å². The summed E-state index contributed by atoms with van der Waals surface area (Å²) in [6.07, 6.45) is 1.55. The molecule has 0 radical (unpaired) electrons. The fourth-order valence-electron chi connectivity index (χ4n) is 2.81. The van der Waals surface area contributed by atoms with Crippen molar-refractivity contribution in [3.63, 3.8) is 0 Å². The second-order valence-electron chi connectivity index (χ2n) is 5.40. The number of hydrogen-bond donors (Lipinski definition) is 0. The Labute approximate surface area is 131 Å². The van der Waals surface area contributed by atoms with Crippen LogP contribution in [0.4, 0.5) is 14.5 Å². The van der Waals surface area contributed by atoms with Gasteiger partial charge >= 0.3 is 6.61 Å². The molecule has 2 aromatic rings. The smallest absolute Gasteiger partial charge is 0.387 e. The van der Waals surface area contributed by atoms with Crippen LogP contribution in [0.3, 0.4) is 0 Å². The van der Waals surface area contributed by atoms with Crippen LogP contribution in [0.15, 0.2) is 28.8 Å². The van der Waals surface area contributed by atoms with E-state index >= 15 is 0 Å². The van der Waals surface area contributed by atoms with Crippen molar-refractivity contribution in [1.82, 2.24) is 5.16 Å². The third-order valence-electron chi connectivity index (χ3n) is 3.71. The van der Waals surface area contributed by atoms with Crippen LogP contribution in [-0.4, -0.2) is 24.2 Å². The molecule has 1 aliphatic heterocycles. The highest BCUT2D eigenvalue weighted by Crippen LogP contribution is 2.37. The number of fused-ring (bicyclic) bond motifs is 1. The van der Waals surface area contributed by atoms with Gasteiger partial charge in [-0.15, -0.1) is 0 Å². The van der Waals surface area contributed by atoms with E-state index in [2.05, 4.69) is 9.89 Å². The van der Waals surface area contributed by atoms with E-state index in [9.17, 15) is 13.6 Å². The molecule has 0 spiro atoms. The number of rotatable bonds is 4. The van der Waals surface area contributed by atoms with Gasteiger partial charge in [0.05, 0.1) is 17.8 Å². The number of nitrogens with zero attached hydrogens (tertiary/aromatic N) is 2. The molecule has 0 bridgehead atoms. The summed E-state index contributed by atoms with van der Waals surface area (Å²) in [4.78, 5) is 14.1. The first kappa shape index (κ1) is 15.5. The first-order valence-electron chi connectivity index (χ1n) is 7.34. The quantitative estimate of drug-likeness (QED) is 0.868.